The van der Waals surface area contributed by atoms with E-state index in [9.17, 15) is 42.8 Å². The van der Waals surface area contributed by atoms with Crippen LogP contribution in [0.2, 0.25) is 0 Å². The molecule has 2 aromatic rings. The molecule has 0 amide bonds. The number of hydrogen-bond donors (Lipinski definition) is 0. The first-order valence-electron chi connectivity index (χ1n) is 7.29. The summed E-state index contributed by atoms with van der Waals surface area (Å²) in [7, 11) is -16.3. The monoisotopic (exact) mass is 526 g/mol. The van der Waals surface area contributed by atoms with Crippen molar-refractivity contribution in [2.75, 3.05) is 14.2 Å². The van der Waals surface area contributed by atoms with Crippen molar-refractivity contribution < 1.29 is 51.1 Å². The number of benzene rings is 2. The van der Waals surface area contributed by atoms with Gasteiger partial charge in [-0.05, 0) is 24.3 Å². The van der Waals surface area contributed by atoms with Gasteiger partial charge in [-0.1, -0.05) is 24.3 Å². The predicted molar refractivity (Wildman–Crippen MR) is 103 cm³/mol. The maximum absolute atomic E-state index is 11.2. The summed E-state index contributed by atoms with van der Waals surface area (Å²) in [5.41, 5.74) is 0. The maximum Gasteiger partial charge on any atom is 2.00 e. The van der Waals surface area contributed by atoms with Crippen LogP contribution in [0.25, 0.3) is 0 Å². The van der Waals surface area contributed by atoms with E-state index in [-0.39, 0.29) is 23.1 Å². The van der Waals surface area contributed by atoms with Gasteiger partial charge in [0.25, 0.3) is 20.2 Å². The molecule has 0 N–H and O–H groups in total. The first-order chi connectivity index (χ1) is 13.6. The number of hydrogen-bond acceptors (Lipinski definition) is 12. The summed E-state index contributed by atoms with van der Waals surface area (Å²) < 4.78 is 118. The van der Waals surface area contributed by atoms with E-state index >= 15 is 0 Å². The average molecular weight is 527 g/mol. The Bertz CT molecular complexity index is 1230. The van der Waals surface area contributed by atoms with Crippen LogP contribution in [0.3, 0.4) is 0 Å². The molecule has 0 heterocycles. The van der Waals surface area contributed by atoms with Gasteiger partial charge in [0.2, 0.25) is 0 Å². The molecule has 0 radical (unpaired) electrons. The topological polar surface area (TPSA) is 201 Å². The SMILES string of the molecule is COS(=O)(=O)c1ccccc1S(=O)(=O)[O-].COS(=O)(=O)c1ccccc1S(=O)(=O)[O-].[Mg+2]. The quantitative estimate of drug-likeness (QED) is 0.265. The van der Waals surface area contributed by atoms with Gasteiger partial charge in [0.15, 0.2) is 0 Å². The van der Waals surface area contributed by atoms with Crippen LogP contribution >= 0.6 is 0 Å². The van der Waals surface area contributed by atoms with Gasteiger partial charge >= 0.3 is 23.1 Å². The molecule has 0 aromatic heterocycles. The molecule has 2 rings (SSSR count). The summed E-state index contributed by atoms with van der Waals surface area (Å²) in [6.45, 7) is 0. The molecule has 0 atom stereocenters. The Morgan fingerprint density at radius 1 is 0.548 bits per heavy atom. The summed E-state index contributed by atoms with van der Waals surface area (Å²) in [5, 5.41) is 0. The summed E-state index contributed by atoms with van der Waals surface area (Å²) in [4.78, 5) is -2.93. The molecule has 0 bridgehead atoms. The fourth-order valence-electron chi connectivity index (χ4n) is 1.91. The van der Waals surface area contributed by atoms with Crippen molar-refractivity contribution in [3.8, 4) is 0 Å². The molecule has 0 aliphatic rings. The summed E-state index contributed by atoms with van der Waals surface area (Å²) in [6.07, 6.45) is 0. The Hall–Kier alpha value is -1.15. The van der Waals surface area contributed by atoms with Crippen LogP contribution in [-0.2, 0) is 48.8 Å². The summed E-state index contributed by atoms with van der Waals surface area (Å²) in [6, 6.07) is 8.88. The van der Waals surface area contributed by atoms with Crippen molar-refractivity contribution in [1.82, 2.24) is 0 Å². The second-order valence-corrected chi connectivity index (χ2v) is 11.1. The minimum atomic E-state index is -4.84. The van der Waals surface area contributed by atoms with Crippen molar-refractivity contribution in [3.05, 3.63) is 48.5 Å². The normalized spacial score (nSPS) is 12.3. The fourth-order valence-corrected chi connectivity index (χ4v) is 5.73. The Balaban J connectivity index is 0.000000562. The van der Waals surface area contributed by atoms with Crippen LogP contribution in [0.1, 0.15) is 0 Å². The summed E-state index contributed by atoms with van der Waals surface area (Å²) in [5.74, 6) is 0. The van der Waals surface area contributed by atoms with E-state index in [1.807, 2.05) is 0 Å². The predicted octanol–water partition coefficient (Wildman–Crippen LogP) is -0.529. The Morgan fingerprint density at radius 2 is 0.774 bits per heavy atom. The second kappa shape index (κ2) is 11.1. The first kappa shape index (κ1) is 29.8. The zero-order chi connectivity index (χ0) is 23.4. The molecule has 0 spiro atoms. The molecular formula is C14H14MgO12S4. The smallest absolute Gasteiger partial charge is 0.744 e. The van der Waals surface area contributed by atoms with E-state index in [0.29, 0.717) is 0 Å². The third-order valence-electron chi connectivity index (χ3n) is 3.21. The minimum absolute atomic E-state index is 0. The fraction of sp³-hybridized carbons (Fsp3) is 0.143. The van der Waals surface area contributed by atoms with Crippen LogP contribution in [-0.4, -0.2) is 80.0 Å². The van der Waals surface area contributed by atoms with Crippen LogP contribution in [0.4, 0.5) is 0 Å². The van der Waals surface area contributed by atoms with Gasteiger partial charge in [-0.3, -0.25) is 8.37 Å². The van der Waals surface area contributed by atoms with Crippen molar-refractivity contribution in [3.63, 3.8) is 0 Å². The zero-order valence-corrected chi connectivity index (χ0v) is 20.5. The Kier molecular flexibility index (Phi) is 10.7. The van der Waals surface area contributed by atoms with Crippen molar-refractivity contribution in [1.29, 1.82) is 0 Å². The molecule has 0 saturated carbocycles. The third kappa shape index (κ3) is 8.04. The molecule has 0 unspecified atom stereocenters. The van der Waals surface area contributed by atoms with Crippen molar-refractivity contribution in [2.45, 2.75) is 19.6 Å². The van der Waals surface area contributed by atoms with E-state index < -0.39 is 60.1 Å². The van der Waals surface area contributed by atoms with Gasteiger partial charge in [0.05, 0.1) is 24.0 Å². The van der Waals surface area contributed by atoms with Crippen molar-refractivity contribution in [2.24, 2.45) is 0 Å². The van der Waals surface area contributed by atoms with Crippen LogP contribution in [0.5, 0.6) is 0 Å². The largest absolute Gasteiger partial charge is 2.00 e. The van der Waals surface area contributed by atoms with E-state index in [1.165, 1.54) is 24.3 Å². The molecule has 0 fully saturated rings. The summed E-state index contributed by atoms with van der Waals surface area (Å²) >= 11 is 0. The van der Waals surface area contributed by atoms with E-state index in [2.05, 4.69) is 8.37 Å². The molecule has 2 aromatic carbocycles. The van der Waals surface area contributed by atoms with Gasteiger partial charge < -0.3 is 9.11 Å². The number of rotatable bonds is 6. The molecule has 0 aliphatic carbocycles. The zero-order valence-electron chi connectivity index (χ0n) is 15.9. The molecule has 17 heteroatoms. The molecule has 31 heavy (non-hydrogen) atoms. The van der Waals surface area contributed by atoms with E-state index in [1.54, 1.807) is 0 Å². The Labute approximate surface area is 196 Å². The van der Waals surface area contributed by atoms with Gasteiger partial charge in [0.1, 0.15) is 30.0 Å². The third-order valence-corrected chi connectivity index (χ3v) is 7.93. The van der Waals surface area contributed by atoms with Crippen LogP contribution in [0, 0.1) is 0 Å². The van der Waals surface area contributed by atoms with Gasteiger partial charge in [-0.15, -0.1) is 0 Å². The molecule has 0 saturated heterocycles. The van der Waals surface area contributed by atoms with Crippen molar-refractivity contribution >= 4 is 63.5 Å². The van der Waals surface area contributed by atoms with Crippen LogP contribution < -0.4 is 0 Å². The average Bonchev–Trinajstić information content (AvgIpc) is 2.67. The molecular weight excluding hydrogens is 513 g/mol. The second-order valence-electron chi connectivity index (χ2n) is 5.04. The first-order valence-corrected chi connectivity index (χ1v) is 12.9. The van der Waals surface area contributed by atoms with E-state index in [0.717, 1.165) is 38.5 Å². The minimum Gasteiger partial charge on any atom is -0.744 e. The Morgan fingerprint density at radius 3 is 0.968 bits per heavy atom. The van der Waals surface area contributed by atoms with Gasteiger partial charge in [-0.25, -0.2) is 16.8 Å². The van der Waals surface area contributed by atoms with Gasteiger partial charge in [0, 0.05) is 0 Å². The van der Waals surface area contributed by atoms with Crippen LogP contribution in [0.15, 0.2) is 68.1 Å². The molecule has 0 aliphatic heterocycles. The standard InChI is InChI=1S/2C7H8O6S2.Mg/c2*1-13-15(11,12)7-5-3-2-4-6(7)14(8,9)10;/h2*2-5H,1H3,(H,8,9,10);/q;;+2/p-2. The maximum atomic E-state index is 11.2. The van der Waals surface area contributed by atoms with Gasteiger partial charge in [-0.2, -0.15) is 16.8 Å². The molecule has 12 nitrogen and oxygen atoms in total. The van der Waals surface area contributed by atoms with E-state index in [4.69, 9.17) is 0 Å². The molecule has 168 valence electrons.